The summed E-state index contributed by atoms with van der Waals surface area (Å²) in [4.78, 5) is 10.2. The number of hydrogen-bond donors (Lipinski definition) is 1. The van der Waals surface area contributed by atoms with E-state index in [1.165, 1.54) is 25.0 Å². The number of nitro groups is 1. The van der Waals surface area contributed by atoms with E-state index in [4.69, 9.17) is 4.74 Å². The lowest BCUT2D eigenvalue weighted by atomic mass is 10.3. The van der Waals surface area contributed by atoms with E-state index in [2.05, 4.69) is 11.9 Å². The number of nitro benzene ring substituents is 1. The molecule has 1 fully saturated rings. The molecule has 18 heavy (non-hydrogen) atoms. The summed E-state index contributed by atoms with van der Waals surface area (Å²) in [5.74, 6) is 0.497. The first-order valence-corrected chi connectivity index (χ1v) is 5.92. The Bertz CT molecular complexity index is 455. The molecule has 0 unspecified atom stereocenters. The molecule has 1 aliphatic carbocycles. The normalized spacial score (nSPS) is 14.2. The molecule has 0 bridgehead atoms. The van der Waals surface area contributed by atoms with Gasteiger partial charge in [-0.15, -0.1) is 0 Å². The fourth-order valence-corrected chi connectivity index (χ4v) is 1.50. The van der Waals surface area contributed by atoms with E-state index in [9.17, 15) is 10.1 Å². The quantitative estimate of drug-likeness (QED) is 0.457. The molecule has 1 N–H and O–H groups in total. The van der Waals surface area contributed by atoms with Crippen molar-refractivity contribution in [2.24, 2.45) is 0 Å². The number of benzene rings is 1. The molecule has 0 aromatic heterocycles. The van der Waals surface area contributed by atoms with Gasteiger partial charge in [0.05, 0.1) is 11.0 Å². The van der Waals surface area contributed by atoms with E-state index >= 15 is 0 Å². The predicted molar refractivity (Wildman–Crippen MR) is 68.8 cm³/mol. The van der Waals surface area contributed by atoms with Crippen molar-refractivity contribution in [3.8, 4) is 5.75 Å². The van der Waals surface area contributed by atoms with Crippen LogP contribution in [0.2, 0.25) is 0 Å². The van der Waals surface area contributed by atoms with Crippen LogP contribution in [0.25, 0.3) is 0 Å². The Balaban J connectivity index is 1.79. The SMILES string of the molecule is C=C(CNC1CC1)COc1cccc([N+](=O)[O-])c1. The van der Waals surface area contributed by atoms with Crippen molar-refractivity contribution >= 4 is 5.69 Å². The maximum absolute atomic E-state index is 10.6. The number of ether oxygens (including phenoxy) is 1. The Morgan fingerprint density at radius 2 is 2.33 bits per heavy atom. The van der Waals surface area contributed by atoms with E-state index in [-0.39, 0.29) is 5.69 Å². The van der Waals surface area contributed by atoms with Gasteiger partial charge >= 0.3 is 0 Å². The molecule has 1 aliphatic rings. The highest BCUT2D eigenvalue weighted by molar-refractivity contribution is 5.38. The second kappa shape index (κ2) is 5.64. The molecule has 0 saturated heterocycles. The molecule has 1 saturated carbocycles. The summed E-state index contributed by atoms with van der Waals surface area (Å²) in [7, 11) is 0. The Hall–Kier alpha value is -1.88. The van der Waals surface area contributed by atoms with Crippen LogP contribution in [0, 0.1) is 10.1 Å². The highest BCUT2D eigenvalue weighted by Gasteiger charge is 2.20. The lowest BCUT2D eigenvalue weighted by molar-refractivity contribution is -0.384. The molecule has 96 valence electrons. The van der Waals surface area contributed by atoms with Gasteiger partial charge in [-0.2, -0.15) is 0 Å². The third-order valence-corrected chi connectivity index (χ3v) is 2.69. The fourth-order valence-electron chi connectivity index (χ4n) is 1.50. The van der Waals surface area contributed by atoms with Gasteiger partial charge in [-0.3, -0.25) is 10.1 Å². The van der Waals surface area contributed by atoms with Crippen molar-refractivity contribution in [1.29, 1.82) is 0 Å². The highest BCUT2D eigenvalue weighted by Crippen LogP contribution is 2.20. The molecule has 0 radical (unpaired) electrons. The standard InChI is InChI=1S/C13H16N2O3/c1-10(8-14-11-5-6-11)9-18-13-4-2-3-12(7-13)15(16)17/h2-4,7,11,14H,1,5-6,8-9H2. The van der Waals surface area contributed by atoms with Gasteiger partial charge in [0.2, 0.25) is 0 Å². The van der Waals surface area contributed by atoms with Crippen molar-refractivity contribution in [3.05, 3.63) is 46.5 Å². The first kappa shape index (κ1) is 12.6. The zero-order valence-corrected chi connectivity index (χ0v) is 10.1. The summed E-state index contributed by atoms with van der Waals surface area (Å²) in [5, 5.41) is 13.9. The minimum absolute atomic E-state index is 0.0363. The van der Waals surface area contributed by atoms with E-state index in [0.717, 1.165) is 12.1 Å². The first-order valence-electron chi connectivity index (χ1n) is 5.92. The average molecular weight is 248 g/mol. The molecule has 5 nitrogen and oxygen atoms in total. The van der Waals surface area contributed by atoms with Crippen LogP contribution in [-0.2, 0) is 0 Å². The molecule has 5 heteroatoms. The maximum Gasteiger partial charge on any atom is 0.273 e. The molecular weight excluding hydrogens is 232 g/mol. The van der Waals surface area contributed by atoms with Crippen molar-refractivity contribution in [2.75, 3.05) is 13.2 Å². The minimum atomic E-state index is -0.434. The summed E-state index contributed by atoms with van der Waals surface area (Å²) in [6.07, 6.45) is 2.47. The van der Waals surface area contributed by atoms with Gasteiger partial charge < -0.3 is 10.1 Å². The largest absolute Gasteiger partial charge is 0.489 e. The lowest BCUT2D eigenvalue weighted by Gasteiger charge is -2.09. The third kappa shape index (κ3) is 3.85. The molecule has 1 aromatic rings. The van der Waals surface area contributed by atoms with Crippen LogP contribution >= 0.6 is 0 Å². The van der Waals surface area contributed by atoms with Gasteiger partial charge in [-0.05, 0) is 24.5 Å². The lowest BCUT2D eigenvalue weighted by Crippen LogP contribution is -2.21. The van der Waals surface area contributed by atoms with Gasteiger partial charge in [0.1, 0.15) is 12.4 Å². The molecule has 1 aromatic carbocycles. The third-order valence-electron chi connectivity index (χ3n) is 2.69. The van der Waals surface area contributed by atoms with E-state index in [0.29, 0.717) is 18.4 Å². The number of nitrogens with one attached hydrogen (secondary N) is 1. The van der Waals surface area contributed by atoms with E-state index < -0.39 is 4.92 Å². The smallest absolute Gasteiger partial charge is 0.273 e. The Morgan fingerprint density at radius 1 is 1.56 bits per heavy atom. The summed E-state index contributed by atoms with van der Waals surface area (Å²) < 4.78 is 5.47. The van der Waals surface area contributed by atoms with Crippen LogP contribution < -0.4 is 10.1 Å². The molecule has 0 amide bonds. The molecule has 0 atom stereocenters. The zero-order valence-electron chi connectivity index (χ0n) is 10.1. The molecular formula is C13H16N2O3. The Kier molecular flexibility index (Phi) is 3.94. The van der Waals surface area contributed by atoms with Crippen LogP contribution in [0.3, 0.4) is 0 Å². The second-order valence-corrected chi connectivity index (χ2v) is 4.45. The molecule has 0 aliphatic heterocycles. The Labute approximate surface area is 106 Å². The first-order chi connectivity index (χ1) is 8.65. The van der Waals surface area contributed by atoms with Crippen molar-refractivity contribution in [3.63, 3.8) is 0 Å². The topological polar surface area (TPSA) is 64.4 Å². The summed E-state index contributed by atoms with van der Waals surface area (Å²) in [6.45, 7) is 5.02. The van der Waals surface area contributed by atoms with Crippen molar-refractivity contribution in [2.45, 2.75) is 18.9 Å². The summed E-state index contributed by atoms with van der Waals surface area (Å²) >= 11 is 0. The minimum Gasteiger partial charge on any atom is -0.489 e. The molecule has 0 heterocycles. The second-order valence-electron chi connectivity index (χ2n) is 4.45. The molecule has 0 spiro atoms. The average Bonchev–Trinajstić information content (AvgIpc) is 3.18. The molecule has 2 rings (SSSR count). The van der Waals surface area contributed by atoms with Crippen LogP contribution in [-0.4, -0.2) is 24.1 Å². The van der Waals surface area contributed by atoms with Crippen molar-refractivity contribution in [1.82, 2.24) is 5.32 Å². The highest BCUT2D eigenvalue weighted by atomic mass is 16.6. The maximum atomic E-state index is 10.6. The van der Waals surface area contributed by atoms with Gasteiger partial charge in [0, 0.05) is 18.7 Å². The number of hydrogen-bond acceptors (Lipinski definition) is 4. The fraction of sp³-hybridized carbons (Fsp3) is 0.385. The number of nitrogens with zero attached hydrogens (tertiary/aromatic N) is 1. The number of non-ortho nitro benzene ring substituents is 1. The van der Waals surface area contributed by atoms with Crippen LogP contribution in [0.15, 0.2) is 36.4 Å². The monoisotopic (exact) mass is 248 g/mol. The van der Waals surface area contributed by atoms with Crippen LogP contribution in [0.5, 0.6) is 5.75 Å². The van der Waals surface area contributed by atoms with E-state index in [1.54, 1.807) is 12.1 Å². The Morgan fingerprint density at radius 3 is 3.00 bits per heavy atom. The van der Waals surface area contributed by atoms with Crippen LogP contribution in [0.1, 0.15) is 12.8 Å². The predicted octanol–water partition coefficient (Wildman–Crippen LogP) is 2.28. The van der Waals surface area contributed by atoms with Crippen LogP contribution in [0.4, 0.5) is 5.69 Å². The summed E-state index contributed by atoms with van der Waals surface area (Å²) in [6, 6.07) is 6.81. The van der Waals surface area contributed by atoms with Gasteiger partial charge in [0.25, 0.3) is 5.69 Å². The summed E-state index contributed by atoms with van der Waals surface area (Å²) in [5.41, 5.74) is 0.975. The van der Waals surface area contributed by atoms with Gasteiger partial charge in [-0.25, -0.2) is 0 Å². The number of rotatable bonds is 7. The van der Waals surface area contributed by atoms with Crippen molar-refractivity contribution < 1.29 is 9.66 Å². The van der Waals surface area contributed by atoms with E-state index in [1.807, 2.05) is 0 Å². The van der Waals surface area contributed by atoms with Gasteiger partial charge in [-0.1, -0.05) is 12.6 Å². The zero-order chi connectivity index (χ0) is 13.0. The van der Waals surface area contributed by atoms with Gasteiger partial charge in [0.15, 0.2) is 0 Å².